The van der Waals surface area contributed by atoms with E-state index in [-0.39, 0.29) is 13.4 Å². The van der Waals surface area contributed by atoms with E-state index in [1.165, 1.54) is 65.4 Å². The average molecular weight is 456 g/mol. The van der Waals surface area contributed by atoms with Gasteiger partial charge in [-0.15, -0.1) is 0 Å². The molecule has 7 rings (SSSR count). The lowest BCUT2D eigenvalue weighted by molar-refractivity contribution is 1.49. The number of fused-ring (bicyclic) bond motifs is 4. The Balaban J connectivity index is 1.60. The highest BCUT2D eigenvalue weighted by Gasteiger charge is 2.38. The average Bonchev–Trinajstić information content (AvgIpc) is 2.91. The van der Waals surface area contributed by atoms with Crippen LogP contribution in [-0.4, -0.2) is 13.4 Å². The van der Waals surface area contributed by atoms with E-state index in [1.807, 2.05) is 0 Å². The van der Waals surface area contributed by atoms with Gasteiger partial charge in [-0.25, -0.2) is 0 Å². The van der Waals surface area contributed by atoms with Crippen molar-refractivity contribution >= 4 is 67.7 Å². The van der Waals surface area contributed by atoms with Gasteiger partial charge in [-0.3, -0.25) is 0 Å². The molecule has 0 fully saturated rings. The fourth-order valence-electron chi connectivity index (χ4n) is 6.12. The van der Waals surface area contributed by atoms with Crippen molar-refractivity contribution in [1.29, 1.82) is 0 Å². The predicted molar refractivity (Wildman–Crippen MR) is 160 cm³/mol. The maximum Gasteiger partial charge on any atom is 0.240 e. The van der Waals surface area contributed by atoms with Gasteiger partial charge in [-0.05, 0) is 35.4 Å². The van der Waals surface area contributed by atoms with Gasteiger partial charge >= 0.3 is 0 Å². The third-order valence-electron chi connectivity index (χ3n) is 7.97. The van der Waals surface area contributed by atoms with Crippen LogP contribution in [0.2, 0.25) is 0 Å². The van der Waals surface area contributed by atoms with Crippen LogP contribution < -0.4 is 32.8 Å². The van der Waals surface area contributed by atoms with E-state index in [1.54, 1.807) is 0 Å². The summed E-state index contributed by atoms with van der Waals surface area (Å²) in [5.41, 5.74) is 11.0. The molecule has 0 spiro atoms. The summed E-state index contributed by atoms with van der Waals surface area (Å²) in [6.45, 7) is 4.74. The summed E-state index contributed by atoms with van der Waals surface area (Å²) in [6.07, 6.45) is 0. The molecular weight excluding hydrogens is 430 g/mol. The van der Waals surface area contributed by atoms with Gasteiger partial charge in [0.2, 0.25) is 13.4 Å². The molecule has 1 aliphatic heterocycles. The topological polar surface area (TPSA) is 0 Å². The monoisotopic (exact) mass is 456 g/mol. The SMILES string of the molecule is Cc1ccc(B2c3cc4ccccc4cc3B(c3ccc(C)cc3)c3cc4ccccc4cc32)cc1. The molecule has 0 aliphatic carbocycles. The molecule has 1 aliphatic rings. The molecule has 2 heteroatoms. The minimum absolute atomic E-state index is 0.200. The number of hydrogen-bond acceptors (Lipinski definition) is 0. The molecule has 0 bridgehead atoms. The summed E-state index contributed by atoms with van der Waals surface area (Å²) in [4.78, 5) is 0. The maximum atomic E-state index is 2.45. The van der Waals surface area contributed by atoms with Crippen molar-refractivity contribution in [2.24, 2.45) is 0 Å². The fraction of sp³-hybridized carbons (Fsp3) is 0.0588. The molecular formula is C34H26B2. The van der Waals surface area contributed by atoms with E-state index >= 15 is 0 Å². The molecule has 0 N–H and O–H groups in total. The molecule has 0 atom stereocenters. The first-order valence-corrected chi connectivity index (χ1v) is 12.8. The third kappa shape index (κ3) is 3.40. The lowest BCUT2D eigenvalue weighted by Crippen LogP contribution is -2.75. The highest BCUT2D eigenvalue weighted by molar-refractivity contribution is 7.11. The Kier molecular flexibility index (Phi) is 4.89. The Morgan fingerprint density at radius 1 is 0.361 bits per heavy atom. The van der Waals surface area contributed by atoms with Crippen molar-refractivity contribution < 1.29 is 0 Å². The molecule has 1 heterocycles. The standard InChI is InChI=1S/C34H26B2/c1-23-11-15-29(16-12-23)35-31-19-25-7-3-5-9-27(25)21-33(31)36(30-17-13-24(2)14-18-30)34-22-28-10-6-4-8-26(28)20-32(34)35/h3-22H,1-2H3. The molecule has 6 aromatic carbocycles. The zero-order chi connectivity index (χ0) is 24.2. The van der Waals surface area contributed by atoms with Crippen LogP contribution >= 0.6 is 0 Å². The predicted octanol–water partition coefficient (Wildman–Crippen LogP) is 3.96. The van der Waals surface area contributed by atoms with Crippen LogP contribution in [-0.2, 0) is 0 Å². The van der Waals surface area contributed by atoms with Crippen molar-refractivity contribution in [1.82, 2.24) is 0 Å². The van der Waals surface area contributed by atoms with E-state index in [0.717, 1.165) is 0 Å². The van der Waals surface area contributed by atoms with Crippen molar-refractivity contribution in [2.45, 2.75) is 13.8 Å². The zero-order valence-corrected chi connectivity index (χ0v) is 20.7. The quantitative estimate of drug-likeness (QED) is 0.346. The molecule has 0 saturated carbocycles. The summed E-state index contributed by atoms with van der Waals surface area (Å²) < 4.78 is 0. The first-order valence-electron chi connectivity index (χ1n) is 12.8. The summed E-state index contributed by atoms with van der Waals surface area (Å²) in [5, 5.41) is 5.22. The van der Waals surface area contributed by atoms with Gasteiger partial charge in [-0.1, -0.05) is 165 Å². The maximum absolute atomic E-state index is 2.45. The van der Waals surface area contributed by atoms with Crippen LogP contribution in [0.15, 0.2) is 121 Å². The lowest BCUT2D eigenvalue weighted by Gasteiger charge is -2.33. The van der Waals surface area contributed by atoms with Gasteiger partial charge in [0.15, 0.2) is 0 Å². The van der Waals surface area contributed by atoms with Gasteiger partial charge in [-0.2, -0.15) is 0 Å². The Hall–Kier alpha value is -4.03. The highest BCUT2D eigenvalue weighted by atomic mass is 14.1. The molecule has 0 aromatic heterocycles. The molecule has 0 amide bonds. The number of aryl methyl sites for hydroxylation is 2. The largest absolute Gasteiger partial charge is 0.240 e. The highest BCUT2D eigenvalue weighted by Crippen LogP contribution is 2.17. The van der Waals surface area contributed by atoms with Crippen LogP contribution in [0.3, 0.4) is 0 Å². The second-order valence-electron chi connectivity index (χ2n) is 10.3. The minimum atomic E-state index is 0.200. The van der Waals surface area contributed by atoms with Crippen LogP contribution in [0.1, 0.15) is 11.1 Å². The van der Waals surface area contributed by atoms with E-state index in [9.17, 15) is 0 Å². The van der Waals surface area contributed by atoms with Gasteiger partial charge in [0.05, 0.1) is 0 Å². The molecule has 6 aromatic rings. The van der Waals surface area contributed by atoms with Crippen molar-refractivity contribution in [3.8, 4) is 0 Å². The molecule has 0 nitrogen and oxygen atoms in total. The molecule has 0 saturated heterocycles. The van der Waals surface area contributed by atoms with Gasteiger partial charge in [0, 0.05) is 0 Å². The number of benzene rings is 6. The van der Waals surface area contributed by atoms with E-state index < -0.39 is 0 Å². The number of hydrogen-bond donors (Lipinski definition) is 0. The summed E-state index contributed by atoms with van der Waals surface area (Å²) in [5.74, 6) is 0. The smallest absolute Gasteiger partial charge is 0.0727 e. The third-order valence-corrected chi connectivity index (χ3v) is 7.97. The van der Waals surface area contributed by atoms with E-state index in [0.29, 0.717) is 0 Å². The second kappa shape index (κ2) is 8.28. The first kappa shape index (κ1) is 21.3. The zero-order valence-electron chi connectivity index (χ0n) is 20.7. The normalized spacial score (nSPS) is 12.6. The minimum Gasteiger partial charge on any atom is -0.0727 e. The van der Waals surface area contributed by atoms with Gasteiger partial charge < -0.3 is 0 Å². The lowest BCUT2D eigenvalue weighted by atomic mass is 9.21. The molecule has 0 radical (unpaired) electrons. The Labute approximate surface area is 213 Å². The van der Waals surface area contributed by atoms with Gasteiger partial charge in [0.1, 0.15) is 0 Å². The first-order chi connectivity index (χ1) is 17.7. The Morgan fingerprint density at radius 3 is 0.917 bits per heavy atom. The Bertz CT molecular complexity index is 1530. The summed E-state index contributed by atoms with van der Waals surface area (Å²) >= 11 is 0. The van der Waals surface area contributed by atoms with Crippen LogP contribution in [0.5, 0.6) is 0 Å². The van der Waals surface area contributed by atoms with Crippen molar-refractivity contribution in [3.05, 3.63) is 132 Å². The van der Waals surface area contributed by atoms with E-state index in [4.69, 9.17) is 0 Å². The summed E-state index contributed by atoms with van der Waals surface area (Å²) in [6, 6.07) is 45.7. The Morgan fingerprint density at radius 2 is 0.639 bits per heavy atom. The number of rotatable bonds is 2. The van der Waals surface area contributed by atoms with Crippen LogP contribution in [0.25, 0.3) is 21.5 Å². The molecule has 36 heavy (non-hydrogen) atoms. The second-order valence-corrected chi connectivity index (χ2v) is 10.3. The van der Waals surface area contributed by atoms with E-state index in [2.05, 4.69) is 135 Å². The van der Waals surface area contributed by atoms with Crippen molar-refractivity contribution in [3.63, 3.8) is 0 Å². The molecule has 168 valence electrons. The van der Waals surface area contributed by atoms with Gasteiger partial charge in [0.25, 0.3) is 0 Å². The van der Waals surface area contributed by atoms with Crippen LogP contribution in [0.4, 0.5) is 0 Å². The molecule has 0 unspecified atom stereocenters. The van der Waals surface area contributed by atoms with Crippen molar-refractivity contribution in [2.75, 3.05) is 0 Å². The van der Waals surface area contributed by atoms with Crippen LogP contribution in [0, 0.1) is 13.8 Å². The summed E-state index contributed by atoms with van der Waals surface area (Å²) in [7, 11) is 0. The fourth-order valence-corrected chi connectivity index (χ4v) is 6.12.